The van der Waals surface area contributed by atoms with Crippen molar-refractivity contribution in [3.8, 4) is 11.5 Å². The van der Waals surface area contributed by atoms with Crippen molar-refractivity contribution in [3.63, 3.8) is 0 Å². The van der Waals surface area contributed by atoms with Gasteiger partial charge in [0.2, 0.25) is 0 Å². The number of alkyl halides is 4. The molecule has 1 aromatic carbocycles. The van der Waals surface area contributed by atoms with Crippen molar-refractivity contribution >= 4 is 15.9 Å². The van der Waals surface area contributed by atoms with Gasteiger partial charge in [-0.1, -0.05) is 22.0 Å². The fourth-order valence-electron chi connectivity index (χ4n) is 1.58. The van der Waals surface area contributed by atoms with E-state index < -0.39 is 17.4 Å². The molecular weight excluding hydrogens is 301 g/mol. The highest BCUT2D eigenvalue weighted by molar-refractivity contribution is 9.09. The Hall–Kier alpha value is -0.910. The minimum Gasteiger partial charge on any atom is -0.486 e. The molecule has 1 atom stereocenters. The van der Waals surface area contributed by atoms with Crippen molar-refractivity contribution in [2.75, 3.05) is 13.2 Å². The van der Waals surface area contributed by atoms with Crippen LogP contribution in [-0.2, 0) is 0 Å². The van der Waals surface area contributed by atoms with Crippen LogP contribution in [0.5, 0.6) is 11.5 Å². The summed E-state index contributed by atoms with van der Waals surface area (Å²) in [7, 11) is 0. The first-order valence-electron chi connectivity index (χ1n) is 5.06. The van der Waals surface area contributed by atoms with E-state index in [0.717, 1.165) is 0 Å². The summed E-state index contributed by atoms with van der Waals surface area (Å²) in [5.74, 6) is 1.08. The van der Waals surface area contributed by atoms with Crippen molar-refractivity contribution < 1.29 is 22.6 Å². The Labute approximate surface area is 105 Å². The minimum atomic E-state index is -4.19. The van der Waals surface area contributed by atoms with Crippen LogP contribution in [0.1, 0.15) is 16.8 Å². The summed E-state index contributed by atoms with van der Waals surface area (Å²) in [6, 6.07) is 4.83. The van der Waals surface area contributed by atoms with Gasteiger partial charge < -0.3 is 9.47 Å². The zero-order chi connectivity index (χ0) is 12.5. The third-order valence-corrected chi connectivity index (χ3v) is 3.19. The maximum atomic E-state index is 12.2. The molecule has 0 fully saturated rings. The van der Waals surface area contributed by atoms with Gasteiger partial charge in [0.15, 0.2) is 11.5 Å². The molecule has 0 radical (unpaired) electrons. The smallest absolute Gasteiger partial charge is 0.390 e. The first-order chi connectivity index (χ1) is 7.96. The molecule has 0 bridgehead atoms. The number of halogens is 4. The maximum Gasteiger partial charge on any atom is 0.390 e. The average Bonchev–Trinajstić information content (AvgIpc) is 2.26. The number of ether oxygens (including phenoxy) is 2. The number of hydrogen-bond acceptors (Lipinski definition) is 2. The quantitative estimate of drug-likeness (QED) is 0.773. The second kappa shape index (κ2) is 4.76. The normalized spacial score (nSPS) is 16.7. The van der Waals surface area contributed by atoms with Crippen molar-refractivity contribution in [1.82, 2.24) is 0 Å². The largest absolute Gasteiger partial charge is 0.486 e. The van der Waals surface area contributed by atoms with Crippen LogP contribution in [0, 0.1) is 0 Å². The highest BCUT2D eigenvalue weighted by atomic mass is 79.9. The monoisotopic (exact) mass is 310 g/mol. The van der Waals surface area contributed by atoms with E-state index in [1.165, 1.54) is 0 Å². The lowest BCUT2D eigenvalue weighted by Crippen LogP contribution is -2.16. The van der Waals surface area contributed by atoms with Crippen molar-refractivity contribution in [2.24, 2.45) is 0 Å². The van der Waals surface area contributed by atoms with Gasteiger partial charge in [-0.2, -0.15) is 13.2 Å². The molecule has 6 heteroatoms. The van der Waals surface area contributed by atoms with Gasteiger partial charge in [0.1, 0.15) is 13.2 Å². The maximum absolute atomic E-state index is 12.2. The zero-order valence-electron chi connectivity index (χ0n) is 8.76. The molecule has 1 aliphatic rings. The zero-order valence-corrected chi connectivity index (χ0v) is 10.3. The van der Waals surface area contributed by atoms with Crippen LogP contribution >= 0.6 is 15.9 Å². The predicted octanol–water partition coefficient (Wildman–Crippen LogP) is 3.85. The molecule has 2 nitrogen and oxygen atoms in total. The van der Waals surface area contributed by atoms with E-state index in [0.29, 0.717) is 30.3 Å². The summed E-state index contributed by atoms with van der Waals surface area (Å²) in [6.07, 6.45) is -5.10. The Morgan fingerprint density at radius 1 is 1.18 bits per heavy atom. The van der Waals surface area contributed by atoms with E-state index in [1.54, 1.807) is 18.2 Å². The molecule has 1 aromatic rings. The van der Waals surface area contributed by atoms with Crippen LogP contribution in [-0.4, -0.2) is 19.4 Å². The summed E-state index contributed by atoms with van der Waals surface area (Å²) in [6.45, 7) is 0.884. The van der Waals surface area contributed by atoms with E-state index in [-0.39, 0.29) is 0 Å². The van der Waals surface area contributed by atoms with Gasteiger partial charge in [0.05, 0.1) is 6.42 Å². The lowest BCUT2D eigenvalue weighted by atomic mass is 10.1. The molecule has 1 unspecified atom stereocenters. The van der Waals surface area contributed by atoms with Gasteiger partial charge in [0, 0.05) is 4.83 Å². The predicted molar refractivity (Wildman–Crippen MR) is 59.8 cm³/mol. The lowest BCUT2D eigenvalue weighted by molar-refractivity contribution is -0.134. The van der Waals surface area contributed by atoms with E-state index >= 15 is 0 Å². The Morgan fingerprint density at radius 2 is 1.82 bits per heavy atom. The van der Waals surface area contributed by atoms with Crippen LogP contribution < -0.4 is 9.47 Å². The molecule has 0 spiro atoms. The molecule has 0 aliphatic carbocycles. The van der Waals surface area contributed by atoms with Crippen molar-refractivity contribution in [3.05, 3.63) is 23.8 Å². The van der Waals surface area contributed by atoms with Crippen LogP contribution in [0.15, 0.2) is 18.2 Å². The van der Waals surface area contributed by atoms with Crippen molar-refractivity contribution in [1.29, 1.82) is 0 Å². The summed E-state index contributed by atoms with van der Waals surface area (Å²) in [4.78, 5) is -0.765. The molecule has 0 amide bonds. The van der Waals surface area contributed by atoms with Crippen LogP contribution in [0.2, 0.25) is 0 Å². The Bertz CT molecular complexity index is 406. The summed E-state index contributed by atoms with van der Waals surface area (Å²) >= 11 is 3.03. The van der Waals surface area contributed by atoms with E-state index in [4.69, 9.17) is 9.47 Å². The first kappa shape index (κ1) is 12.5. The van der Waals surface area contributed by atoms with Crippen LogP contribution in [0.4, 0.5) is 13.2 Å². The second-order valence-corrected chi connectivity index (χ2v) is 4.80. The lowest BCUT2D eigenvalue weighted by Gasteiger charge is -2.20. The number of hydrogen-bond donors (Lipinski definition) is 0. The molecular formula is C11H10BrF3O2. The van der Waals surface area contributed by atoms with Gasteiger partial charge in [-0.3, -0.25) is 0 Å². The molecule has 0 saturated heterocycles. The number of rotatable bonds is 2. The average molecular weight is 311 g/mol. The standard InChI is InChI=1S/C11H10BrF3O2/c12-8(6-11(13,14)15)7-1-2-9-10(5-7)17-4-3-16-9/h1-2,5,8H,3-4,6H2. The highest BCUT2D eigenvalue weighted by Crippen LogP contribution is 2.39. The molecule has 2 rings (SSSR count). The molecule has 94 valence electrons. The molecule has 1 heterocycles. The Morgan fingerprint density at radius 3 is 2.47 bits per heavy atom. The topological polar surface area (TPSA) is 18.5 Å². The van der Waals surface area contributed by atoms with Gasteiger partial charge in [0.25, 0.3) is 0 Å². The summed E-state index contributed by atoms with van der Waals surface area (Å²) in [5, 5.41) is 0. The van der Waals surface area contributed by atoms with Gasteiger partial charge >= 0.3 is 6.18 Å². The van der Waals surface area contributed by atoms with Gasteiger partial charge in [-0.05, 0) is 17.7 Å². The van der Waals surface area contributed by atoms with E-state index in [1.807, 2.05) is 0 Å². The first-order valence-corrected chi connectivity index (χ1v) is 5.97. The number of benzene rings is 1. The van der Waals surface area contributed by atoms with E-state index in [2.05, 4.69) is 15.9 Å². The third-order valence-electron chi connectivity index (χ3n) is 2.34. The fraction of sp³-hybridized carbons (Fsp3) is 0.455. The van der Waals surface area contributed by atoms with Gasteiger partial charge in [-0.25, -0.2) is 0 Å². The number of fused-ring (bicyclic) bond motifs is 1. The SMILES string of the molecule is FC(F)(F)CC(Br)c1ccc2c(c1)OCCO2. The minimum absolute atomic E-state index is 0.419. The highest BCUT2D eigenvalue weighted by Gasteiger charge is 2.31. The molecule has 0 aromatic heterocycles. The van der Waals surface area contributed by atoms with Crippen LogP contribution in [0.25, 0.3) is 0 Å². The second-order valence-electron chi connectivity index (χ2n) is 3.69. The van der Waals surface area contributed by atoms with E-state index in [9.17, 15) is 13.2 Å². The fourth-order valence-corrected chi connectivity index (χ4v) is 2.23. The Kier molecular flexibility index (Phi) is 3.51. The van der Waals surface area contributed by atoms with Crippen LogP contribution in [0.3, 0.4) is 0 Å². The molecule has 0 N–H and O–H groups in total. The van der Waals surface area contributed by atoms with Crippen molar-refractivity contribution in [2.45, 2.75) is 17.4 Å². The molecule has 17 heavy (non-hydrogen) atoms. The summed E-state index contributed by atoms with van der Waals surface area (Å²) < 4.78 is 47.3. The van der Waals surface area contributed by atoms with Gasteiger partial charge in [-0.15, -0.1) is 0 Å². The molecule has 0 saturated carbocycles. The third kappa shape index (κ3) is 3.28. The Balaban J connectivity index is 2.16. The molecule has 1 aliphatic heterocycles. The summed E-state index contributed by atoms with van der Waals surface area (Å²) in [5.41, 5.74) is 0.534.